The Hall–Kier alpha value is -1.33. The first-order valence-electron chi connectivity index (χ1n) is 6.84. The molecule has 0 aliphatic heterocycles. The summed E-state index contributed by atoms with van der Waals surface area (Å²) in [4.78, 5) is 12.6. The molecule has 0 aromatic heterocycles. The van der Waals surface area contributed by atoms with Crippen LogP contribution in [0, 0.1) is 10.1 Å². The molecule has 0 atom stereocenters. The molecule has 1 rings (SSSR count). The third kappa shape index (κ3) is 3.84. The van der Waals surface area contributed by atoms with Gasteiger partial charge < -0.3 is 5.11 Å². The first kappa shape index (κ1) is 16.7. The van der Waals surface area contributed by atoms with E-state index >= 15 is 0 Å². The van der Waals surface area contributed by atoms with Gasteiger partial charge in [-0.2, -0.15) is 0 Å². The highest BCUT2D eigenvalue weighted by Crippen LogP contribution is 2.33. The van der Waals surface area contributed by atoms with Gasteiger partial charge in [0, 0.05) is 30.3 Å². The van der Waals surface area contributed by atoms with E-state index in [4.69, 9.17) is 11.6 Å². The summed E-state index contributed by atoms with van der Waals surface area (Å²) in [6.07, 6.45) is 1.99. The van der Waals surface area contributed by atoms with Crippen LogP contribution in [0.15, 0.2) is 12.1 Å². The third-order valence-electron chi connectivity index (χ3n) is 3.58. The molecular formula is C14H21ClN2O3. The Labute approximate surface area is 124 Å². The highest BCUT2D eigenvalue weighted by molar-refractivity contribution is 6.32. The van der Waals surface area contributed by atoms with Crippen molar-refractivity contribution < 1.29 is 10.0 Å². The van der Waals surface area contributed by atoms with E-state index in [1.807, 2.05) is 6.92 Å². The van der Waals surface area contributed by atoms with Crippen molar-refractivity contribution in [2.45, 2.75) is 46.2 Å². The number of nitro groups is 1. The van der Waals surface area contributed by atoms with Crippen molar-refractivity contribution in [2.75, 3.05) is 6.54 Å². The number of rotatable bonds is 7. The molecule has 0 aliphatic carbocycles. The molecule has 0 amide bonds. The molecule has 112 valence electrons. The summed E-state index contributed by atoms with van der Waals surface area (Å²) in [5, 5.41) is 20.9. The summed E-state index contributed by atoms with van der Waals surface area (Å²) >= 11 is 5.86. The second-order valence-corrected chi connectivity index (χ2v) is 5.13. The Kier molecular flexibility index (Phi) is 6.23. The molecule has 1 aromatic rings. The quantitative estimate of drug-likeness (QED) is 0.611. The van der Waals surface area contributed by atoms with Gasteiger partial charge in [0.15, 0.2) is 0 Å². The maximum atomic E-state index is 10.9. The van der Waals surface area contributed by atoms with Crippen LogP contribution in [0.4, 0.5) is 5.69 Å². The van der Waals surface area contributed by atoms with Crippen LogP contribution in [0.5, 0.6) is 5.75 Å². The molecule has 5 nitrogen and oxygen atoms in total. The number of nitrogens with zero attached hydrogens (tertiary/aromatic N) is 2. The van der Waals surface area contributed by atoms with E-state index in [1.165, 1.54) is 12.1 Å². The predicted octanol–water partition coefficient (Wildman–Crippen LogP) is 3.96. The Morgan fingerprint density at radius 1 is 1.35 bits per heavy atom. The molecular weight excluding hydrogens is 280 g/mol. The van der Waals surface area contributed by atoms with Gasteiger partial charge in [-0.1, -0.05) is 32.4 Å². The summed E-state index contributed by atoms with van der Waals surface area (Å²) in [6.45, 7) is 7.52. The number of aromatic hydroxyl groups is 1. The Balaban J connectivity index is 3.09. The minimum absolute atomic E-state index is 0.0230. The molecule has 0 saturated carbocycles. The summed E-state index contributed by atoms with van der Waals surface area (Å²) in [5.74, 6) is -0.0679. The standard InChI is InChI=1S/C14H21ClN2O3/c1-4-11(5-2)16(6-3)9-10-7-12(17(19)20)8-13(15)14(10)18/h7-8,11,18H,4-6,9H2,1-3H3. The second-order valence-electron chi connectivity index (χ2n) is 4.73. The molecule has 0 radical (unpaired) electrons. The summed E-state index contributed by atoms with van der Waals surface area (Å²) in [6, 6.07) is 2.96. The average Bonchev–Trinajstić information content (AvgIpc) is 2.42. The maximum absolute atomic E-state index is 10.9. The van der Waals surface area contributed by atoms with E-state index in [-0.39, 0.29) is 16.5 Å². The van der Waals surface area contributed by atoms with Crippen LogP contribution in [-0.2, 0) is 6.54 Å². The highest BCUT2D eigenvalue weighted by atomic mass is 35.5. The van der Waals surface area contributed by atoms with Gasteiger partial charge in [-0.05, 0) is 19.4 Å². The largest absolute Gasteiger partial charge is 0.506 e. The number of non-ortho nitro benzene ring substituents is 1. The number of benzene rings is 1. The van der Waals surface area contributed by atoms with Crippen LogP contribution in [0.2, 0.25) is 5.02 Å². The lowest BCUT2D eigenvalue weighted by molar-refractivity contribution is -0.384. The molecule has 0 spiro atoms. The third-order valence-corrected chi connectivity index (χ3v) is 3.86. The maximum Gasteiger partial charge on any atom is 0.271 e. The van der Waals surface area contributed by atoms with E-state index in [1.54, 1.807) is 0 Å². The first-order valence-corrected chi connectivity index (χ1v) is 7.22. The van der Waals surface area contributed by atoms with Crippen molar-refractivity contribution in [1.29, 1.82) is 0 Å². The highest BCUT2D eigenvalue weighted by Gasteiger charge is 2.19. The van der Waals surface area contributed by atoms with Gasteiger partial charge in [0.1, 0.15) is 5.75 Å². The zero-order valence-electron chi connectivity index (χ0n) is 12.1. The first-order chi connectivity index (χ1) is 9.44. The van der Waals surface area contributed by atoms with Gasteiger partial charge in [-0.25, -0.2) is 0 Å². The molecule has 6 heteroatoms. The summed E-state index contributed by atoms with van der Waals surface area (Å²) in [7, 11) is 0. The number of phenolic OH excluding ortho intramolecular Hbond substituents is 1. The Morgan fingerprint density at radius 2 is 1.95 bits per heavy atom. The number of nitro benzene ring substituents is 1. The smallest absolute Gasteiger partial charge is 0.271 e. The average molecular weight is 301 g/mol. The van der Waals surface area contributed by atoms with Crippen LogP contribution in [0.25, 0.3) is 0 Å². The summed E-state index contributed by atoms with van der Waals surface area (Å²) < 4.78 is 0. The van der Waals surface area contributed by atoms with Crippen LogP contribution in [0.1, 0.15) is 39.2 Å². The Bertz CT molecular complexity index is 476. The van der Waals surface area contributed by atoms with E-state index in [2.05, 4.69) is 18.7 Å². The minimum Gasteiger partial charge on any atom is -0.506 e. The lowest BCUT2D eigenvalue weighted by Crippen LogP contribution is -2.33. The fourth-order valence-electron chi connectivity index (χ4n) is 2.39. The van der Waals surface area contributed by atoms with Crippen molar-refractivity contribution >= 4 is 17.3 Å². The normalized spacial score (nSPS) is 11.3. The van der Waals surface area contributed by atoms with E-state index < -0.39 is 4.92 Å². The van der Waals surface area contributed by atoms with Crippen LogP contribution in [0.3, 0.4) is 0 Å². The lowest BCUT2D eigenvalue weighted by Gasteiger charge is -2.29. The van der Waals surface area contributed by atoms with Crippen LogP contribution < -0.4 is 0 Å². The topological polar surface area (TPSA) is 66.6 Å². The van der Waals surface area contributed by atoms with E-state index in [0.717, 1.165) is 19.4 Å². The number of halogens is 1. The van der Waals surface area contributed by atoms with Gasteiger partial charge in [0.05, 0.1) is 9.95 Å². The van der Waals surface area contributed by atoms with Crippen molar-refractivity contribution in [1.82, 2.24) is 4.90 Å². The predicted molar refractivity (Wildman–Crippen MR) is 80.2 cm³/mol. The molecule has 20 heavy (non-hydrogen) atoms. The van der Waals surface area contributed by atoms with E-state index in [0.29, 0.717) is 18.2 Å². The van der Waals surface area contributed by atoms with Crippen LogP contribution in [-0.4, -0.2) is 27.5 Å². The van der Waals surface area contributed by atoms with Crippen molar-refractivity contribution in [3.8, 4) is 5.75 Å². The van der Waals surface area contributed by atoms with Gasteiger partial charge >= 0.3 is 0 Å². The fourth-order valence-corrected chi connectivity index (χ4v) is 2.62. The Morgan fingerprint density at radius 3 is 2.40 bits per heavy atom. The van der Waals surface area contributed by atoms with Crippen molar-refractivity contribution in [2.24, 2.45) is 0 Å². The van der Waals surface area contributed by atoms with Gasteiger partial charge in [0.2, 0.25) is 0 Å². The number of phenols is 1. The second kappa shape index (κ2) is 7.45. The molecule has 0 saturated heterocycles. The molecule has 0 bridgehead atoms. The monoisotopic (exact) mass is 300 g/mol. The molecule has 0 heterocycles. The van der Waals surface area contributed by atoms with Crippen molar-refractivity contribution in [3.63, 3.8) is 0 Å². The zero-order valence-corrected chi connectivity index (χ0v) is 12.9. The molecule has 0 fully saturated rings. The van der Waals surface area contributed by atoms with Crippen LogP contribution >= 0.6 is 11.6 Å². The number of hydrogen-bond donors (Lipinski definition) is 1. The molecule has 1 aromatic carbocycles. The van der Waals surface area contributed by atoms with E-state index in [9.17, 15) is 15.2 Å². The SMILES string of the molecule is CCC(CC)N(CC)Cc1cc([N+](=O)[O-])cc(Cl)c1O. The van der Waals surface area contributed by atoms with Gasteiger partial charge in [-0.3, -0.25) is 15.0 Å². The summed E-state index contributed by atoms with van der Waals surface area (Å²) in [5.41, 5.74) is 0.404. The molecule has 0 aliphatic rings. The lowest BCUT2D eigenvalue weighted by atomic mass is 10.1. The fraction of sp³-hybridized carbons (Fsp3) is 0.571. The number of hydrogen-bond acceptors (Lipinski definition) is 4. The molecule has 0 unspecified atom stereocenters. The molecule has 1 N–H and O–H groups in total. The minimum atomic E-state index is -0.498. The van der Waals surface area contributed by atoms with Gasteiger partial charge in [0.25, 0.3) is 5.69 Å². The van der Waals surface area contributed by atoms with Gasteiger partial charge in [-0.15, -0.1) is 0 Å². The zero-order chi connectivity index (χ0) is 15.3. The van der Waals surface area contributed by atoms with Crippen molar-refractivity contribution in [3.05, 3.63) is 32.8 Å².